The van der Waals surface area contributed by atoms with Crippen LogP contribution in [0.25, 0.3) is 0 Å². The van der Waals surface area contributed by atoms with Crippen LogP contribution in [0.3, 0.4) is 0 Å². The summed E-state index contributed by atoms with van der Waals surface area (Å²) in [4.78, 5) is 37.5. The van der Waals surface area contributed by atoms with E-state index in [1.165, 1.54) is 5.56 Å². The summed E-state index contributed by atoms with van der Waals surface area (Å²) in [5.41, 5.74) is 3.97. The standard InChI is InChI=1S/C17H25N3O2.C13H19N3O/c1-12(2)16(21)20-10-8-15(9-11-20)19-17(22)18-14-6-4-13(3)5-7-14;1-10-2-4-11(5-3-10)15-13(17)16-12-6-8-14-9-7-12/h4-7,12,15H,8-11H2,1-3H3,(H2,18,19,22);2-5,12,14H,6-9H2,1H3,(H2,15,16,17). The number of hydrogen-bond donors (Lipinski definition) is 5. The summed E-state index contributed by atoms with van der Waals surface area (Å²) < 4.78 is 0. The van der Waals surface area contributed by atoms with Gasteiger partial charge in [0.1, 0.15) is 0 Å². The van der Waals surface area contributed by atoms with E-state index >= 15 is 0 Å². The largest absolute Gasteiger partial charge is 0.342 e. The summed E-state index contributed by atoms with van der Waals surface area (Å²) in [6.07, 6.45) is 3.61. The summed E-state index contributed by atoms with van der Waals surface area (Å²) >= 11 is 0. The van der Waals surface area contributed by atoms with Crippen LogP contribution in [-0.4, -0.2) is 61.1 Å². The molecule has 5 N–H and O–H groups in total. The predicted octanol–water partition coefficient (Wildman–Crippen LogP) is 4.63. The summed E-state index contributed by atoms with van der Waals surface area (Å²) in [5.74, 6) is 0.233. The Kier molecular flexibility index (Phi) is 11.6. The van der Waals surface area contributed by atoms with Gasteiger partial charge >= 0.3 is 12.1 Å². The summed E-state index contributed by atoms with van der Waals surface area (Å²) in [7, 11) is 0. The highest BCUT2D eigenvalue weighted by atomic mass is 16.2. The van der Waals surface area contributed by atoms with Crippen molar-refractivity contribution in [1.82, 2.24) is 20.9 Å². The Hall–Kier alpha value is -3.59. The maximum Gasteiger partial charge on any atom is 0.319 e. The van der Waals surface area contributed by atoms with E-state index in [1.54, 1.807) is 0 Å². The van der Waals surface area contributed by atoms with Gasteiger partial charge < -0.3 is 31.5 Å². The zero-order valence-corrected chi connectivity index (χ0v) is 23.7. The Bertz CT molecular complexity index is 1060. The van der Waals surface area contributed by atoms with Gasteiger partial charge in [-0.2, -0.15) is 0 Å². The molecule has 2 saturated heterocycles. The molecule has 2 fully saturated rings. The van der Waals surface area contributed by atoms with Gasteiger partial charge in [-0.25, -0.2) is 9.59 Å². The topological polar surface area (TPSA) is 115 Å². The molecule has 0 saturated carbocycles. The quantitative estimate of drug-likeness (QED) is 0.383. The molecule has 9 nitrogen and oxygen atoms in total. The zero-order valence-electron chi connectivity index (χ0n) is 23.7. The van der Waals surface area contributed by atoms with Crippen molar-refractivity contribution in [3.05, 3.63) is 59.7 Å². The molecule has 212 valence electrons. The van der Waals surface area contributed by atoms with Crippen LogP contribution in [0.4, 0.5) is 21.0 Å². The number of aryl methyl sites for hydroxylation is 2. The summed E-state index contributed by atoms with van der Waals surface area (Å²) in [6.45, 7) is 11.3. The van der Waals surface area contributed by atoms with Crippen LogP contribution >= 0.6 is 0 Å². The predicted molar refractivity (Wildman–Crippen MR) is 157 cm³/mol. The fraction of sp³-hybridized carbons (Fsp3) is 0.500. The van der Waals surface area contributed by atoms with Crippen molar-refractivity contribution in [2.75, 3.05) is 36.8 Å². The van der Waals surface area contributed by atoms with E-state index in [-0.39, 0.29) is 29.9 Å². The zero-order chi connectivity index (χ0) is 28.2. The Morgan fingerprint density at radius 2 is 1.13 bits per heavy atom. The lowest BCUT2D eigenvalue weighted by Gasteiger charge is -2.33. The minimum Gasteiger partial charge on any atom is -0.342 e. The number of anilines is 2. The highest BCUT2D eigenvalue weighted by Gasteiger charge is 2.25. The van der Waals surface area contributed by atoms with Crippen LogP contribution in [0.5, 0.6) is 0 Å². The van der Waals surface area contributed by atoms with Gasteiger partial charge in [0.2, 0.25) is 5.91 Å². The first-order valence-electron chi connectivity index (χ1n) is 14.0. The third-order valence-electron chi connectivity index (χ3n) is 6.93. The first-order chi connectivity index (χ1) is 18.7. The number of rotatable bonds is 5. The summed E-state index contributed by atoms with van der Waals surface area (Å²) in [5, 5.41) is 14.9. The molecule has 2 aromatic rings. The molecule has 2 heterocycles. The van der Waals surface area contributed by atoms with Crippen LogP contribution in [-0.2, 0) is 4.79 Å². The minimum atomic E-state index is -0.183. The first-order valence-corrected chi connectivity index (χ1v) is 14.0. The van der Waals surface area contributed by atoms with Gasteiger partial charge in [0.25, 0.3) is 0 Å². The molecule has 2 aliphatic rings. The van der Waals surface area contributed by atoms with Crippen LogP contribution < -0.4 is 26.6 Å². The smallest absolute Gasteiger partial charge is 0.319 e. The second-order valence-corrected chi connectivity index (χ2v) is 10.7. The maximum absolute atomic E-state index is 12.0. The van der Waals surface area contributed by atoms with Crippen LogP contribution in [0.1, 0.15) is 50.7 Å². The second kappa shape index (κ2) is 15.1. The van der Waals surface area contributed by atoms with E-state index in [0.29, 0.717) is 19.1 Å². The number of hydrogen-bond acceptors (Lipinski definition) is 4. The molecule has 2 aromatic carbocycles. The molecule has 5 amide bonds. The lowest BCUT2D eigenvalue weighted by atomic mass is 10.0. The second-order valence-electron chi connectivity index (χ2n) is 10.7. The van der Waals surface area contributed by atoms with Crippen LogP contribution in [0.15, 0.2) is 48.5 Å². The van der Waals surface area contributed by atoms with E-state index < -0.39 is 0 Å². The molecule has 0 bridgehead atoms. The van der Waals surface area contributed by atoms with Crippen molar-refractivity contribution >= 4 is 29.3 Å². The van der Waals surface area contributed by atoms with E-state index in [0.717, 1.165) is 55.7 Å². The highest BCUT2D eigenvalue weighted by molar-refractivity contribution is 5.90. The first kappa shape index (κ1) is 30.0. The van der Waals surface area contributed by atoms with Gasteiger partial charge in [0, 0.05) is 42.5 Å². The molecule has 4 rings (SSSR count). The average molecular weight is 537 g/mol. The molecule has 9 heteroatoms. The van der Waals surface area contributed by atoms with Gasteiger partial charge in [-0.05, 0) is 76.9 Å². The number of piperidine rings is 2. The van der Waals surface area contributed by atoms with E-state index in [2.05, 4.69) is 26.6 Å². The van der Waals surface area contributed by atoms with Crippen molar-refractivity contribution in [2.45, 2.75) is 65.5 Å². The molecule has 0 unspecified atom stereocenters. The van der Waals surface area contributed by atoms with Crippen molar-refractivity contribution in [3.63, 3.8) is 0 Å². The van der Waals surface area contributed by atoms with Crippen molar-refractivity contribution in [1.29, 1.82) is 0 Å². The van der Waals surface area contributed by atoms with Crippen LogP contribution in [0, 0.1) is 19.8 Å². The number of carbonyl (C=O) groups is 3. The number of carbonyl (C=O) groups excluding carboxylic acids is 3. The monoisotopic (exact) mass is 536 g/mol. The molecule has 0 radical (unpaired) electrons. The van der Waals surface area contributed by atoms with E-state index in [1.807, 2.05) is 81.1 Å². The Morgan fingerprint density at radius 3 is 1.54 bits per heavy atom. The minimum absolute atomic E-state index is 0.0364. The average Bonchev–Trinajstić information content (AvgIpc) is 2.92. The van der Waals surface area contributed by atoms with Crippen molar-refractivity contribution in [2.24, 2.45) is 5.92 Å². The number of amides is 5. The molecule has 0 aliphatic carbocycles. The summed E-state index contributed by atoms with van der Waals surface area (Å²) in [6, 6.07) is 15.6. The third-order valence-corrected chi connectivity index (χ3v) is 6.93. The lowest BCUT2D eigenvalue weighted by molar-refractivity contribution is -0.135. The fourth-order valence-corrected chi connectivity index (χ4v) is 4.55. The molecule has 0 atom stereocenters. The number of likely N-dealkylation sites (tertiary alicyclic amines) is 1. The van der Waals surface area contributed by atoms with Gasteiger partial charge in [0.15, 0.2) is 0 Å². The molecule has 0 aromatic heterocycles. The number of nitrogens with zero attached hydrogens (tertiary/aromatic N) is 1. The molecule has 2 aliphatic heterocycles. The SMILES string of the molecule is Cc1ccc(NC(=O)NC2CCN(C(=O)C(C)C)CC2)cc1.Cc1ccc(NC(=O)NC2CCNCC2)cc1. The lowest BCUT2D eigenvalue weighted by Crippen LogP contribution is -2.48. The third kappa shape index (κ3) is 10.6. The number of nitrogens with one attached hydrogen (secondary N) is 5. The normalized spacial score (nSPS) is 16.1. The number of urea groups is 2. The fourth-order valence-electron chi connectivity index (χ4n) is 4.55. The van der Waals surface area contributed by atoms with Gasteiger partial charge in [0.05, 0.1) is 0 Å². The van der Waals surface area contributed by atoms with Crippen molar-refractivity contribution < 1.29 is 14.4 Å². The van der Waals surface area contributed by atoms with E-state index in [4.69, 9.17) is 0 Å². The van der Waals surface area contributed by atoms with E-state index in [9.17, 15) is 14.4 Å². The van der Waals surface area contributed by atoms with Crippen LogP contribution in [0.2, 0.25) is 0 Å². The molecular formula is C30H44N6O3. The van der Waals surface area contributed by atoms with Gasteiger partial charge in [-0.3, -0.25) is 4.79 Å². The van der Waals surface area contributed by atoms with Gasteiger partial charge in [-0.15, -0.1) is 0 Å². The highest BCUT2D eigenvalue weighted by Crippen LogP contribution is 2.14. The maximum atomic E-state index is 12.0. The van der Waals surface area contributed by atoms with Crippen molar-refractivity contribution in [3.8, 4) is 0 Å². The van der Waals surface area contributed by atoms with Gasteiger partial charge in [-0.1, -0.05) is 49.2 Å². The molecule has 0 spiro atoms. The number of benzene rings is 2. The molecule has 39 heavy (non-hydrogen) atoms. The Balaban J connectivity index is 0.000000223. The molecular weight excluding hydrogens is 492 g/mol. The Labute approximate surface area is 232 Å². The Morgan fingerprint density at radius 1 is 0.718 bits per heavy atom.